The minimum absolute atomic E-state index is 0.654. The Labute approximate surface area is 103 Å². The fraction of sp³-hybridized carbons (Fsp3) is 0.0769. The van der Waals surface area contributed by atoms with Crippen LogP contribution in [0.15, 0.2) is 30.3 Å². The standard InChI is InChI=1S/C13H10ClNO2/c1-8-6-11(14)10-4-2-9(3-5-13(16)17)7-12(10)15-8/h2-7H,1H3,(H,16,17)/b5-3+. The van der Waals surface area contributed by atoms with Gasteiger partial charge in [0.15, 0.2) is 0 Å². The third kappa shape index (κ3) is 2.63. The van der Waals surface area contributed by atoms with Crippen LogP contribution in [0.3, 0.4) is 0 Å². The molecule has 0 aliphatic rings. The maximum absolute atomic E-state index is 10.4. The van der Waals surface area contributed by atoms with E-state index in [1.807, 2.05) is 25.1 Å². The van der Waals surface area contributed by atoms with Crippen molar-refractivity contribution < 1.29 is 9.90 Å². The third-order valence-corrected chi connectivity index (χ3v) is 2.64. The van der Waals surface area contributed by atoms with Gasteiger partial charge in [0.05, 0.1) is 10.5 Å². The van der Waals surface area contributed by atoms with E-state index in [4.69, 9.17) is 16.7 Å². The maximum Gasteiger partial charge on any atom is 0.328 e. The summed E-state index contributed by atoms with van der Waals surface area (Å²) in [6.45, 7) is 1.87. The molecule has 4 heteroatoms. The zero-order chi connectivity index (χ0) is 12.4. The largest absolute Gasteiger partial charge is 0.478 e. The highest BCUT2D eigenvalue weighted by Crippen LogP contribution is 2.24. The Balaban J connectivity index is 2.54. The van der Waals surface area contributed by atoms with E-state index in [-0.39, 0.29) is 0 Å². The van der Waals surface area contributed by atoms with Gasteiger partial charge in [0.2, 0.25) is 0 Å². The highest BCUT2D eigenvalue weighted by atomic mass is 35.5. The Morgan fingerprint density at radius 1 is 1.41 bits per heavy atom. The van der Waals surface area contributed by atoms with Crippen molar-refractivity contribution in [3.63, 3.8) is 0 Å². The zero-order valence-corrected chi connectivity index (χ0v) is 9.90. The summed E-state index contributed by atoms with van der Waals surface area (Å²) in [7, 11) is 0. The number of carboxylic acid groups (broad SMARTS) is 1. The molecular formula is C13H10ClNO2. The molecule has 2 aromatic rings. The second-order valence-electron chi connectivity index (χ2n) is 3.69. The minimum atomic E-state index is -0.972. The molecule has 1 heterocycles. The van der Waals surface area contributed by atoms with Crippen molar-refractivity contribution in [1.29, 1.82) is 0 Å². The number of aryl methyl sites for hydroxylation is 1. The van der Waals surface area contributed by atoms with E-state index in [0.717, 1.165) is 28.2 Å². The average Bonchev–Trinajstić information content (AvgIpc) is 2.25. The van der Waals surface area contributed by atoms with Crippen LogP contribution in [-0.4, -0.2) is 16.1 Å². The van der Waals surface area contributed by atoms with Crippen LogP contribution in [0.2, 0.25) is 5.02 Å². The monoisotopic (exact) mass is 247 g/mol. The lowest BCUT2D eigenvalue weighted by Crippen LogP contribution is -1.87. The summed E-state index contributed by atoms with van der Waals surface area (Å²) in [4.78, 5) is 14.8. The summed E-state index contributed by atoms with van der Waals surface area (Å²) in [5.41, 5.74) is 2.39. The number of nitrogens with zero attached hydrogens (tertiary/aromatic N) is 1. The number of hydrogen-bond acceptors (Lipinski definition) is 2. The van der Waals surface area contributed by atoms with Crippen LogP contribution in [-0.2, 0) is 4.79 Å². The second kappa shape index (κ2) is 4.55. The molecule has 0 aliphatic carbocycles. The summed E-state index contributed by atoms with van der Waals surface area (Å²) in [6.07, 6.45) is 2.62. The van der Waals surface area contributed by atoms with Gasteiger partial charge in [-0.2, -0.15) is 0 Å². The number of halogens is 1. The number of rotatable bonds is 2. The number of carboxylic acids is 1. The van der Waals surface area contributed by atoms with E-state index < -0.39 is 5.97 Å². The van der Waals surface area contributed by atoms with E-state index in [0.29, 0.717) is 5.02 Å². The summed E-state index contributed by atoms with van der Waals surface area (Å²) < 4.78 is 0. The van der Waals surface area contributed by atoms with Crippen molar-refractivity contribution in [2.75, 3.05) is 0 Å². The van der Waals surface area contributed by atoms with Gasteiger partial charge in [0, 0.05) is 17.2 Å². The molecule has 0 saturated carbocycles. The molecule has 0 aliphatic heterocycles. The first-order valence-electron chi connectivity index (χ1n) is 5.04. The van der Waals surface area contributed by atoms with E-state index in [2.05, 4.69) is 4.98 Å². The van der Waals surface area contributed by atoms with Gasteiger partial charge < -0.3 is 5.11 Å². The van der Waals surface area contributed by atoms with Gasteiger partial charge in [-0.15, -0.1) is 0 Å². The molecule has 2 rings (SSSR count). The van der Waals surface area contributed by atoms with Crippen molar-refractivity contribution in [2.45, 2.75) is 6.92 Å². The van der Waals surface area contributed by atoms with Gasteiger partial charge in [0.25, 0.3) is 0 Å². The first-order valence-corrected chi connectivity index (χ1v) is 5.42. The molecule has 0 bridgehead atoms. The van der Waals surface area contributed by atoms with E-state index in [1.54, 1.807) is 6.07 Å². The van der Waals surface area contributed by atoms with Crippen LogP contribution >= 0.6 is 11.6 Å². The van der Waals surface area contributed by atoms with Gasteiger partial charge >= 0.3 is 5.97 Å². The maximum atomic E-state index is 10.4. The Morgan fingerprint density at radius 2 is 2.18 bits per heavy atom. The molecule has 0 atom stereocenters. The predicted molar refractivity (Wildman–Crippen MR) is 68.2 cm³/mol. The van der Waals surface area contributed by atoms with Crippen LogP contribution in [0.4, 0.5) is 0 Å². The van der Waals surface area contributed by atoms with Gasteiger partial charge in [-0.1, -0.05) is 23.7 Å². The number of carbonyl (C=O) groups is 1. The lowest BCUT2D eigenvalue weighted by atomic mass is 10.1. The van der Waals surface area contributed by atoms with Gasteiger partial charge in [-0.05, 0) is 30.7 Å². The highest BCUT2D eigenvalue weighted by Gasteiger charge is 2.02. The van der Waals surface area contributed by atoms with E-state index >= 15 is 0 Å². The molecule has 0 unspecified atom stereocenters. The predicted octanol–water partition coefficient (Wildman–Crippen LogP) is 3.29. The number of aliphatic carboxylic acids is 1. The molecule has 0 spiro atoms. The number of benzene rings is 1. The fourth-order valence-electron chi connectivity index (χ4n) is 1.60. The summed E-state index contributed by atoms with van der Waals surface area (Å²) in [6, 6.07) is 7.26. The normalized spacial score (nSPS) is 11.2. The molecule has 0 fully saturated rings. The molecule has 17 heavy (non-hydrogen) atoms. The zero-order valence-electron chi connectivity index (χ0n) is 9.14. The lowest BCUT2D eigenvalue weighted by Gasteiger charge is -2.03. The summed E-state index contributed by atoms with van der Waals surface area (Å²) >= 11 is 6.09. The van der Waals surface area contributed by atoms with Crippen molar-refractivity contribution in [3.8, 4) is 0 Å². The van der Waals surface area contributed by atoms with E-state index in [1.165, 1.54) is 6.08 Å². The molecule has 0 radical (unpaired) electrons. The Morgan fingerprint density at radius 3 is 2.88 bits per heavy atom. The number of aromatic nitrogens is 1. The molecule has 0 saturated heterocycles. The van der Waals surface area contributed by atoms with Gasteiger partial charge in [0.1, 0.15) is 0 Å². The highest BCUT2D eigenvalue weighted by molar-refractivity contribution is 6.35. The molecular weight excluding hydrogens is 238 g/mol. The quantitative estimate of drug-likeness (QED) is 0.829. The summed E-state index contributed by atoms with van der Waals surface area (Å²) in [5, 5.41) is 10.1. The van der Waals surface area contributed by atoms with E-state index in [9.17, 15) is 4.79 Å². The van der Waals surface area contributed by atoms with Crippen LogP contribution in [0.5, 0.6) is 0 Å². The van der Waals surface area contributed by atoms with Crippen LogP contribution in [0, 0.1) is 6.92 Å². The van der Waals surface area contributed by atoms with Crippen molar-refractivity contribution >= 4 is 34.5 Å². The second-order valence-corrected chi connectivity index (χ2v) is 4.10. The molecule has 0 amide bonds. The van der Waals surface area contributed by atoms with Crippen molar-refractivity contribution in [3.05, 3.63) is 46.6 Å². The Bertz CT molecular complexity index is 620. The SMILES string of the molecule is Cc1cc(Cl)c2ccc(/C=C/C(=O)O)cc2n1. The lowest BCUT2D eigenvalue weighted by molar-refractivity contribution is -0.131. The van der Waals surface area contributed by atoms with Gasteiger partial charge in [-0.3, -0.25) is 4.98 Å². The van der Waals surface area contributed by atoms with Crippen LogP contribution in [0.1, 0.15) is 11.3 Å². The molecule has 1 N–H and O–H groups in total. The molecule has 3 nitrogen and oxygen atoms in total. The molecule has 86 valence electrons. The van der Waals surface area contributed by atoms with Gasteiger partial charge in [-0.25, -0.2) is 4.79 Å². The third-order valence-electron chi connectivity index (χ3n) is 2.33. The molecule has 1 aromatic heterocycles. The number of hydrogen-bond donors (Lipinski definition) is 1. The summed E-state index contributed by atoms with van der Waals surface area (Å²) in [5.74, 6) is -0.972. The van der Waals surface area contributed by atoms with Crippen LogP contribution in [0.25, 0.3) is 17.0 Å². The first-order chi connectivity index (χ1) is 8.06. The number of fused-ring (bicyclic) bond motifs is 1. The molecule has 1 aromatic carbocycles. The van der Waals surface area contributed by atoms with Crippen molar-refractivity contribution in [2.24, 2.45) is 0 Å². The smallest absolute Gasteiger partial charge is 0.328 e. The fourth-order valence-corrected chi connectivity index (χ4v) is 1.92. The van der Waals surface area contributed by atoms with Crippen LogP contribution < -0.4 is 0 Å². The topological polar surface area (TPSA) is 50.2 Å². The van der Waals surface area contributed by atoms with Crippen molar-refractivity contribution in [1.82, 2.24) is 4.98 Å². The Kier molecular flexibility index (Phi) is 3.11. The first kappa shape index (κ1) is 11.6. The minimum Gasteiger partial charge on any atom is -0.478 e. The average molecular weight is 248 g/mol. The Hall–Kier alpha value is -1.87. The number of pyridine rings is 1.